The quantitative estimate of drug-likeness (QED) is 0.930. The number of amides is 1. The first kappa shape index (κ1) is 16.1. The second kappa shape index (κ2) is 6.15. The molecule has 130 valence electrons. The molecule has 1 amide bonds. The van der Waals surface area contributed by atoms with Crippen molar-refractivity contribution in [2.75, 3.05) is 39.5 Å². The Labute approximate surface area is 148 Å². The number of rotatable bonds is 4. The molecule has 2 heterocycles. The van der Waals surface area contributed by atoms with Gasteiger partial charge in [0.05, 0.1) is 11.4 Å². The molecule has 3 atom stereocenters. The second-order valence-electron chi connectivity index (χ2n) is 7.48. The summed E-state index contributed by atoms with van der Waals surface area (Å²) in [6.07, 6.45) is 1.73. The molecule has 0 bridgehead atoms. The molecule has 1 saturated carbocycles. The number of nitrogens with zero attached hydrogens (tertiary/aromatic N) is 3. The van der Waals surface area contributed by atoms with E-state index in [1.807, 2.05) is 41.3 Å². The summed E-state index contributed by atoms with van der Waals surface area (Å²) in [7, 11) is 4.24. The number of anilines is 1. The third-order valence-corrected chi connectivity index (χ3v) is 5.48. The number of carbonyl (C=O) groups is 1. The van der Waals surface area contributed by atoms with Gasteiger partial charge in [-0.2, -0.15) is 0 Å². The van der Waals surface area contributed by atoms with Crippen LogP contribution in [-0.2, 0) is 0 Å². The van der Waals surface area contributed by atoms with E-state index in [4.69, 9.17) is 5.73 Å². The summed E-state index contributed by atoms with van der Waals surface area (Å²) in [5.74, 6) is 2.29. The van der Waals surface area contributed by atoms with Crippen molar-refractivity contribution in [3.63, 3.8) is 0 Å². The Balaban J connectivity index is 1.42. The van der Waals surface area contributed by atoms with Crippen LogP contribution < -0.4 is 5.73 Å². The number of nitrogens with two attached hydrogens (primary N) is 1. The van der Waals surface area contributed by atoms with Crippen LogP contribution in [0, 0.1) is 17.8 Å². The zero-order chi connectivity index (χ0) is 17.6. The van der Waals surface area contributed by atoms with Crippen LogP contribution in [0.4, 0.5) is 5.69 Å². The highest BCUT2D eigenvalue weighted by molar-refractivity contribution is 5.95. The molecule has 0 spiro atoms. The highest BCUT2D eigenvalue weighted by Crippen LogP contribution is 2.52. The van der Waals surface area contributed by atoms with Crippen molar-refractivity contribution in [1.82, 2.24) is 14.8 Å². The maximum Gasteiger partial charge on any atom is 0.253 e. The number of hydrogen-bond donors (Lipinski definition) is 1. The minimum Gasteiger partial charge on any atom is -0.397 e. The highest BCUT2D eigenvalue weighted by atomic mass is 16.2. The van der Waals surface area contributed by atoms with Crippen molar-refractivity contribution < 1.29 is 4.79 Å². The van der Waals surface area contributed by atoms with Crippen molar-refractivity contribution >= 4 is 11.6 Å². The largest absolute Gasteiger partial charge is 0.397 e. The van der Waals surface area contributed by atoms with Gasteiger partial charge in [-0.25, -0.2) is 0 Å². The summed E-state index contributed by atoms with van der Waals surface area (Å²) in [6, 6.07) is 11.3. The Kier molecular flexibility index (Phi) is 3.96. The first-order valence-corrected chi connectivity index (χ1v) is 8.79. The molecule has 2 N–H and O–H groups in total. The normalized spacial score (nSPS) is 24.4. The fourth-order valence-electron chi connectivity index (χ4n) is 4.12. The van der Waals surface area contributed by atoms with Gasteiger partial charge in [0, 0.05) is 37.0 Å². The number of piperidine rings is 1. The SMILES string of the molecule is CN(C)CC1[C@H]2CN(C(=O)c3ccc(-c4ncccc4N)cc3)C[C@@H]12. The van der Waals surface area contributed by atoms with Gasteiger partial charge in [-0.3, -0.25) is 9.78 Å². The molecule has 2 fully saturated rings. The average Bonchev–Trinajstić information content (AvgIpc) is 3.05. The van der Waals surface area contributed by atoms with Crippen LogP contribution >= 0.6 is 0 Å². The number of pyridine rings is 1. The van der Waals surface area contributed by atoms with Crippen molar-refractivity contribution in [3.8, 4) is 11.3 Å². The number of likely N-dealkylation sites (tertiary alicyclic amines) is 1. The van der Waals surface area contributed by atoms with Crippen molar-refractivity contribution in [2.45, 2.75) is 0 Å². The molecule has 5 heteroatoms. The predicted octanol–water partition coefficient (Wildman–Crippen LogP) is 2.21. The van der Waals surface area contributed by atoms with Gasteiger partial charge in [-0.05, 0) is 56.1 Å². The highest BCUT2D eigenvalue weighted by Gasteiger charge is 2.56. The van der Waals surface area contributed by atoms with Crippen LogP contribution in [0.3, 0.4) is 0 Å². The summed E-state index contributed by atoms with van der Waals surface area (Å²) in [5.41, 5.74) is 9.06. The van der Waals surface area contributed by atoms with Gasteiger partial charge < -0.3 is 15.5 Å². The lowest BCUT2D eigenvalue weighted by Gasteiger charge is -2.21. The molecule has 25 heavy (non-hydrogen) atoms. The van der Waals surface area contributed by atoms with Crippen LogP contribution in [0.25, 0.3) is 11.3 Å². The third-order valence-electron chi connectivity index (χ3n) is 5.48. The predicted molar refractivity (Wildman–Crippen MR) is 99.0 cm³/mol. The fraction of sp³-hybridized carbons (Fsp3) is 0.400. The van der Waals surface area contributed by atoms with E-state index in [-0.39, 0.29) is 5.91 Å². The van der Waals surface area contributed by atoms with E-state index in [9.17, 15) is 4.79 Å². The second-order valence-corrected chi connectivity index (χ2v) is 7.48. The number of nitrogen functional groups attached to an aromatic ring is 1. The van der Waals surface area contributed by atoms with Gasteiger partial charge in [0.15, 0.2) is 0 Å². The molecular weight excluding hydrogens is 312 g/mol. The number of benzene rings is 1. The lowest BCUT2D eigenvalue weighted by atomic mass is 10.1. The fourth-order valence-corrected chi connectivity index (χ4v) is 4.12. The molecule has 0 radical (unpaired) electrons. The lowest BCUT2D eigenvalue weighted by molar-refractivity contribution is 0.0765. The molecule has 2 aliphatic rings. The Morgan fingerprint density at radius 2 is 1.88 bits per heavy atom. The van der Waals surface area contributed by atoms with E-state index < -0.39 is 0 Å². The van der Waals surface area contributed by atoms with Crippen LogP contribution in [0.1, 0.15) is 10.4 Å². The number of aromatic nitrogens is 1. The van der Waals surface area contributed by atoms with Crippen LogP contribution in [0.2, 0.25) is 0 Å². The van der Waals surface area contributed by atoms with E-state index in [1.54, 1.807) is 6.20 Å². The number of carbonyl (C=O) groups excluding carboxylic acids is 1. The van der Waals surface area contributed by atoms with Crippen molar-refractivity contribution in [2.24, 2.45) is 17.8 Å². The average molecular weight is 336 g/mol. The first-order chi connectivity index (χ1) is 12.0. The maximum absolute atomic E-state index is 12.7. The lowest BCUT2D eigenvalue weighted by Crippen LogP contribution is -2.33. The molecule has 1 aliphatic heterocycles. The summed E-state index contributed by atoms with van der Waals surface area (Å²) < 4.78 is 0. The molecule has 2 aromatic rings. The van der Waals surface area contributed by atoms with Gasteiger partial charge in [-0.1, -0.05) is 12.1 Å². The summed E-state index contributed by atoms with van der Waals surface area (Å²) >= 11 is 0. The van der Waals surface area contributed by atoms with E-state index in [0.717, 1.165) is 42.4 Å². The van der Waals surface area contributed by atoms with Crippen molar-refractivity contribution in [1.29, 1.82) is 0 Å². The smallest absolute Gasteiger partial charge is 0.253 e. The van der Waals surface area contributed by atoms with Crippen LogP contribution in [0.5, 0.6) is 0 Å². The van der Waals surface area contributed by atoms with E-state index in [2.05, 4.69) is 24.0 Å². The molecule has 4 rings (SSSR count). The van der Waals surface area contributed by atoms with Gasteiger partial charge in [0.25, 0.3) is 5.91 Å². The zero-order valence-electron chi connectivity index (χ0n) is 14.7. The summed E-state index contributed by atoms with van der Waals surface area (Å²) in [6.45, 7) is 2.94. The standard InChI is InChI=1S/C20H24N4O/c1-23(2)10-15-16-11-24(12-17(15)16)20(25)14-7-5-13(6-8-14)19-18(21)4-3-9-22-19/h3-9,15-17H,10-12,21H2,1-2H3/t15?,16-,17+. The van der Waals surface area contributed by atoms with Gasteiger partial charge >= 0.3 is 0 Å². The van der Waals surface area contributed by atoms with E-state index >= 15 is 0 Å². The minimum atomic E-state index is 0.136. The molecule has 1 unspecified atom stereocenters. The van der Waals surface area contributed by atoms with Gasteiger partial charge in [-0.15, -0.1) is 0 Å². The Morgan fingerprint density at radius 3 is 2.48 bits per heavy atom. The van der Waals surface area contributed by atoms with E-state index in [1.165, 1.54) is 0 Å². The van der Waals surface area contributed by atoms with Crippen molar-refractivity contribution in [3.05, 3.63) is 48.2 Å². The minimum absolute atomic E-state index is 0.136. The first-order valence-electron chi connectivity index (χ1n) is 8.79. The zero-order valence-corrected chi connectivity index (χ0v) is 14.7. The van der Waals surface area contributed by atoms with Crippen LogP contribution in [-0.4, -0.2) is 54.4 Å². The maximum atomic E-state index is 12.7. The van der Waals surface area contributed by atoms with E-state index in [0.29, 0.717) is 17.5 Å². The Bertz CT molecular complexity index is 775. The molecule has 1 aromatic carbocycles. The number of fused-ring (bicyclic) bond motifs is 1. The molecule has 1 aromatic heterocycles. The monoisotopic (exact) mass is 336 g/mol. The molecule has 1 aliphatic carbocycles. The topological polar surface area (TPSA) is 62.5 Å². The number of hydrogen-bond acceptors (Lipinski definition) is 4. The van der Waals surface area contributed by atoms with Gasteiger partial charge in [0.2, 0.25) is 0 Å². The molecule has 5 nitrogen and oxygen atoms in total. The molecule has 1 saturated heterocycles. The van der Waals surface area contributed by atoms with Crippen LogP contribution in [0.15, 0.2) is 42.6 Å². The molecular formula is C20H24N4O. The Morgan fingerprint density at radius 1 is 1.20 bits per heavy atom. The summed E-state index contributed by atoms with van der Waals surface area (Å²) in [5, 5.41) is 0. The van der Waals surface area contributed by atoms with Gasteiger partial charge in [0.1, 0.15) is 0 Å². The Hall–Kier alpha value is -2.40. The third kappa shape index (κ3) is 3.00. The summed E-state index contributed by atoms with van der Waals surface area (Å²) in [4.78, 5) is 21.3.